The molecule has 0 bridgehead atoms. The Bertz CT molecular complexity index is 267. The van der Waals surface area contributed by atoms with Gasteiger partial charge in [0.1, 0.15) is 3.79 Å². The Morgan fingerprint density at radius 3 is 2.18 bits per heavy atom. The summed E-state index contributed by atoms with van der Waals surface area (Å²) < 4.78 is 36.0. The fourth-order valence-corrected chi connectivity index (χ4v) is 2.25. The number of halogens is 4. The molecule has 0 radical (unpaired) electrons. The average Bonchev–Trinajstić information content (AvgIpc) is 2.08. The number of aryl methyl sites for hydroxylation is 1. The van der Waals surface area contributed by atoms with E-state index in [1.165, 1.54) is 6.92 Å². The van der Waals surface area contributed by atoms with Crippen LogP contribution in [0.1, 0.15) is 10.7 Å². The highest BCUT2D eigenvalue weighted by Gasteiger charge is 2.36. The SMILES string of the molecule is Cc1nc(C(F)(F)F)c(Br)s1. The van der Waals surface area contributed by atoms with Crippen LogP contribution in [-0.2, 0) is 6.18 Å². The van der Waals surface area contributed by atoms with Crippen molar-refractivity contribution in [2.75, 3.05) is 0 Å². The molecule has 1 nitrogen and oxygen atoms in total. The van der Waals surface area contributed by atoms with Crippen molar-refractivity contribution in [3.05, 3.63) is 14.5 Å². The van der Waals surface area contributed by atoms with Gasteiger partial charge in [-0.2, -0.15) is 13.2 Å². The highest BCUT2D eigenvalue weighted by atomic mass is 79.9. The van der Waals surface area contributed by atoms with E-state index in [0.717, 1.165) is 11.3 Å². The fraction of sp³-hybridized carbons (Fsp3) is 0.400. The largest absolute Gasteiger partial charge is 0.435 e. The van der Waals surface area contributed by atoms with Gasteiger partial charge in [0.15, 0.2) is 5.69 Å². The summed E-state index contributed by atoms with van der Waals surface area (Å²) in [6.45, 7) is 1.53. The monoisotopic (exact) mass is 245 g/mol. The standard InChI is InChI=1S/C5H3BrF3NS/c1-2-10-3(4(6)11-2)5(7,8)9/h1H3. The maximum Gasteiger partial charge on any atom is 0.435 e. The third-order valence-electron chi connectivity index (χ3n) is 0.961. The smallest absolute Gasteiger partial charge is 0.236 e. The number of rotatable bonds is 0. The number of thiazole rings is 1. The van der Waals surface area contributed by atoms with E-state index in [4.69, 9.17) is 0 Å². The molecular formula is C5H3BrF3NS. The van der Waals surface area contributed by atoms with Gasteiger partial charge in [-0.25, -0.2) is 4.98 Å². The van der Waals surface area contributed by atoms with Crippen LogP contribution in [-0.4, -0.2) is 4.98 Å². The second-order valence-electron chi connectivity index (χ2n) is 1.85. The molecule has 0 aromatic carbocycles. The van der Waals surface area contributed by atoms with E-state index >= 15 is 0 Å². The van der Waals surface area contributed by atoms with Crippen molar-refractivity contribution in [1.82, 2.24) is 4.98 Å². The summed E-state index contributed by atoms with van der Waals surface area (Å²) in [5.74, 6) is 0. The summed E-state index contributed by atoms with van der Waals surface area (Å²) >= 11 is 3.77. The van der Waals surface area contributed by atoms with Crippen molar-refractivity contribution in [3.8, 4) is 0 Å². The van der Waals surface area contributed by atoms with Crippen LogP contribution in [0.3, 0.4) is 0 Å². The van der Waals surface area contributed by atoms with Gasteiger partial charge in [0.2, 0.25) is 0 Å². The molecule has 0 N–H and O–H groups in total. The number of alkyl halides is 3. The highest BCUT2D eigenvalue weighted by molar-refractivity contribution is 9.11. The van der Waals surface area contributed by atoms with E-state index in [-0.39, 0.29) is 3.79 Å². The molecule has 0 unspecified atom stereocenters. The van der Waals surface area contributed by atoms with Crippen LogP contribution in [0.2, 0.25) is 0 Å². The zero-order valence-electron chi connectivity index (χ0n) is 5.37. The molecule has 0 saturated heterocycles. The fourth-order valence-electron chi connectivity index (χ4n) is 0.577. The molecular weight excluding hydrogens is 243 g/mol. The van der Waals surface area contributed by atoms with Crippen molar-refractivity contribution in [3.63, 3.8) is 0 Å². The van der Waals surface area contributed by atoms with Gasteiger partial charge in [0, 0.05) is 0 Å². The minimum atomic E-state index is -4.34. The van der Waals surface area contributed by atoms with Crippen LogP contribution in [0.5, 0.6) is 0 Å². The first-order chi connectivity index (χ1) is 4.91. The van der Waals surface area contributed by atoms with Gasteiger partial charge in [0.25, 0.3) is 0 Å². The highest BCUT2D eigenvalue weighted by Crippen LogP contribution is 2.37. The third kappa shape index (κ3) is 1.93. The van der Waals surface area contributed by atoms with Gasteiger partial charge >= 0.3 is 6.18 Å². The summed E-state index contributed by atoms with van der Waals surface area (Å²) in [7, 11) is 0. The van der Waals surface area contributed by atoms with Gasteiger partial charge < -0.3 is 0 Å². The van der Waals surface area contributed by atoms with Crippen LogP contribution in [0.4, 0.5) is 13.2 Å². The summed E-state index contributed by atoms with van der Waals surface area (Å²) in [5, 5.41) is 0.407. The van der Waals surface area contributed by atoms with Crippen molar-refractivity contribution in [1.29, 1.82) is 0 Å². The second-order valence-corrected chi connectivity index (χ2v) is 4.37. The molecule has 6 heteroatoms. The average molecular weight is 246 g/mol. The van der Waals surface area contributed by atoms with Gasteiger partial charge in [-0.3, -0.25) is 0 Å². The molecule has 0 atom stereocenters. The lowest BCUT2D eigenvalue weighted by molar-refractivity contribution is -0.141. The van der Waals surface area contributed by atoms with E-state index in [2.05, 4.69) is 20.9 Å². The van der Waals surface area contributed by atoms with E-state index in [0.29, 0.717) is 5.01 Å². The number of hydrogen-bond acceptors (Lipinski definition) is 2. The first kappa shape index (κ1) is 8.99. The lowest BCUT2D eigenvalue weighted by atomic mass is 10.5. The van der Waals surface area contributed by atoms with Crippen LogP contribution < -0.4 is 0 Å². The second kappa shape index (κ2) is 2.75. The molecule has 0 aliphatic carbocycles. The Morgan fingerprint density at radius 1 is 1.45 bits per heavy atom. The molecule has 1 aromatic rings. The van der Waals surface area contributed by atoms with E-state index < -0.39 is 11.9 Å². The molecule has 1 aromatic heterocycles. The van der Waals surface area contributed by atoms with Crippen LogP contribution in [0.25, 0.3) is 0 Å². The molecule has 0 amide bonds. The maximum atomic E-state index is 12.0. The Balaban J connectivity index is 3.13. The molecule has 0 fully saturated rings. The predicted molar refractivity (Wildman–Crippen MR) is 39.6 cm³/mol. The number of hydrogen-bond donors (Lipinski definition) is 0. The van der Waals surface area contributed by atoms with Crippen molar-refractivity contribution in [2.24, 2.45) is 0 Å². The van der Waals surface area contributed by atoms with Gasteiger partial charge in [-0.1, -0.05) is 0 Å². The minimum Gasteiger partial charge on any atom is -0.236 e. The minimum absolute atomic E-state index is 0.0440. The van der Waals surface area contributed by atoms with E-state index in [1.54, 1.807) is 0 Å². The van der Waals surface area contributed by atoms with E-state index in [9.17, 15) is 13.2 Å². The van der Waals surface area contributed by atoms with Crippen molar-refractivity contribution in [2.45, 2.75) is 13.1 Å². The third-order valence-corrected chi connectivity index (χ3v) is 2.58. The normalized spacial score (nSPS) is 12.1. The molecule has 0 aliphatic heterocycles. The molecule has 62 valence electrons. The summed E-state index contributed by atoms with van der Waals surface area (Å²) in [4.78, 5) is 3.33. The molecule has 1 heterocycles. The maximum absolute atomic E-state index is 12.0. The lowest BCUT2D eigenvalue weighted by Gasteiger charge is -2.00. The number of nitrogens with zero attached hydrogens (tertiary/aromatic N) is 1. The Morgan fingerprint density at radius 2 is 2.00 bits per heavy atom. The van der Waals surface area contributed by atoms with Gasteiger partial charge in [0.05, 0.1) is 5.01 Å². The van der Waals surface area contributed by atoms with Gasteiger partial charge in [-0.15, -0.1) is 11.3 Å². The molecule has 1 rings (SSSR count). The predicted octanol–water partition coefficient (Wildman–Crippen LogP) is 3.23. The molecule has 0 aliphatic rings. The van der Waals surface area contributed by atoms with Crippen LogP contribution in [0, 0.1) is 6.92 Å². The first-order valence-corrected chi connectivity index (χ1v) is 4.22. The van der Waals surface area contributed by atoms with Crippen molar-refractivity contribution >= 4 is 27.3 Å². The number of aromatic nitrogens is 1. The molecule has 0 spiro atoms. The summed E-state index contributed by atoms with van der Waals surface area (Å²) in [6.07, 6.45) is -4.34. The summed E-state index contributed by atoms with van der Waals surface area (Å²) in [5.41, 5.74) is -0.833. The zero-order valence-corrected chi connectivity index (χ0v) is 7.77. The zero-order chi connectivity index (χ0) is 8.65. The quantitative estimate of drug-likeness (QED) is 0.684. The Kier molecular flexibility index (Phi) is 2.24. The van der Waals surface area contributed by atoms with Gasteiger partial charge in [-0.05, 0) is 22.9 Å². The van der Waals surface area contributed by atoms with Crippen molar-refractivity contribution < 1.29 is 13.2 Å². The Hall–Kier alpha value is -0.100. The van der Waals surface area contributed by atoms with Crippen LogP contribution >= 0.6 is 27.3 Å². The molecule has 11 heavy (non-hydrogen) atoms. The van der Waals surface area contributed by atoms with E-state index in [1.807, 2.05) is 0 Å². The first-order valence-electron chi connectivity index (χ1n) is 2.61. The summed E-state index contributed by atoms with van der Waals surface area (Å²) in [6, 6.07) is 0. The van der Waals surface area contributed by atoms with Crippen LogP contribution in [0.15, 0.2) is 3.79 Å². The molecule has 0 saturated carbocycles. The lowest BCUT2D eigenvalue weighted by Crippen LogP contribution is -2.05. The Labute approximate surface area is 73.4 Å². The topological polar surface area (TPSA) is 12.9 Å².